The summed E-state index contributed by atoms with van der Waals surface area (Å²) in [6.07, 6.45) is 4.32. The number of hydrogen-bond donors (Lipinski definition) is 1. The van der Waals surface area contributed by atoms with Crippen LogP contribution >= 0.6 is 0 Å². The van der Waals surface area contributed by atoms with E-state index in [1.54, 1.807) is 6.20 Å². The summed E-state index contributed by atoms with van der Waals surface area (Å²) < 4.78 is 7.88. The lowest BCUT2D eigenvalue weighted by molar-refractivity contribution is 0.144. The Morgan fingerprint density at radius 3 is 2.87 bits per heavy atom. The maximum Gasteiger partial charge on any atom is 0.212 e. The molecule has 1 fully saturated rings. The number of nitrogens with one attached hydrogen (secondary N) is 1. The lowest BCUT2D eigenvalue weighted by Gasteiger charge is -2.24. The van der Waals surface area contributed by atoms with Gasteiger partial charge in [0.25, 0.3) is 0 Å². The molecule has 15 heavy (non-hydrogen) atoms. The second kappa shape index (κ2) is 4.66. The Balaban J connectivity index is 1.99. The summed E-state index contributed by atoms with van der Waals surface area (Å²) in [5.74, 6) is 0.900. The van der Waals surface area contributed by atoms with Crippen molar-refractivity contribution in [1.82, 2.24) is 15.1 Å². The van der Waals surface area contributed by atoms with E-state index in [1.165, 1.54) is 0 Å². The fourth-order valence-corrected chi connectivity index (χ4v) is 1.87. The van der Waals surface area contributed by atoms with Crippen molar-refractivity contribution >= 4 is 0 Å². The van der Waals surface area contributed by atoms with Gasteiger partial charge in [-0.25, -0.2) is 4.68 Å². The third kappa shape index (κ3) is 2.50. The van der Waals surface area contributed by atoms with Crippen LogP contribution in [0.25, 0.3) is 0 Å². The van der Waals surface area contributed by atoms with Gasteiger partial charge in [-0.1, -0.05) is 0 Å². The van der Waals surface area contributed by atoms with E-state index >= 15 is 0 Å². The van der Waals surface area contributed by atoms with Crippen LogP contribution in [0.5, 0.6) is 5.88 Å². The van der Waals surface area contributed by atoms with E-state index in [-0.39, 0.29) is 0 Å². The first-order chi connectivity index (χ1) is 7.27. The molecule has 0 aromatic carbocycles. The smallest absolute Gasteiger partial charge is 0.212 e. The minimum absolute atomic E-state index is 0.348. The lowest BCUT2D eigenvalue weighted by atomic mass is 10.1. The molecule has 0 atom stereocenters. The van der Waals surface area contributed by atoms with Crippen molar-refractivity contribution in [3.63, 3.8) is 0 Å². The van der Waals surface area contributed by atoms with Crippen molar-refractivity contribution in [2.45, 2.75) is 38.8 Å². The van der Waals surface area contributed by atoms with Crippen LogP contribution in [0.15, 0.2) is 12.3 Å². The van der Waals surface area contributed by atoms with Crippen LogP contribution in [-0.2, 0) is 0 Å². The summed E-state index contributed by atoms with van der Waals surface area (Å²) in [7, 11) is 0. The molecule has 0 saturated carbocycles. The van der Waals surface area contributed by atoms with Crippen molar-refractivity contribution < 1.29 is 4.74 Å². The molecule has 0 aliphatic carbocycles. The monoisotopic (exact) mass is 209 g/mol. The van der Waals surface area contributed by atoms with Gasteiger partial charge >= 0.3 is 0 Å². The number of rotatable bonds is 3. The highest BCUT2D eigenvalue weighted by Crippen LogP contribution is 2.19. The molecular formula is C11H19N3O. The maximum atomic E-state index is 5.95. The summed E-state index contributed by atoms with van der Waals surface area (Å²) in [6.45, 7) is 6.34. The van der Waals surface area contributed by atoms with Gasteiger partial charge in [0.05, 0.1) is 12.2 Å². The molecule has 1 saturated heterocycles. The Labute approximate surface area is 90.6 Å². The van der Waals surface area contributed by atoms with Gasteiger partial charge in [0.2, 0.25) is 5.88 Å². The molecule has 1 aromatic rings. The number of ether oxygens (including phenoxy) is 1. The van der Waals surface area contributed by atoms with Crippen molar-refractivity contribution in [3.8, 4) is 5.88 Å². The zero-order valence-corrected chi connectivity index (χ0v) is 9.44. The van der Waals surface area contributed by atoms with Gasteiger partial charge in [0.1, 0.15) is 6.10 Å². The van der Waals surface area contributed by atoms with Crippen LogP contribution in [0.1, 0.15) is 32.7 Å². The highest BCUT2D eigenvalue weighted by atomic mass is 16.5. The molecular weight excluding hydrogens is 190 g/mol. The van der Waals surface area contributed by atoms with Crippen molar-refractivity contribution in [1.29, 1.82) is 0 Å². The molecule has 1 aromatic heterocycles. The van der Waals surface area contributed by atoms with E-state index < -0.39 is 0 Å². The highest BCUT2D eigenvalue weighted by molar-refractivity contribution is 5.09. The van der Waals surface area contributed by atoms with Crippen LogP contribution in [0, 0.1) is 0 Å². The van der Waals surface area contributed by atoms with E-state index in [0.717, 1.165) is 31.8 Å². The fraction of sp³-hybridized carbons (Fsp3) is 0.727. The fourth-order valence-electron chi connectivity index (χ4n) is 1.87. The third-order valence-electron chi connectivity index (χ3n) is 2.70. The number of nitrogens with zero attached hydrogens (tertiary/aromatic N) is 2. The average molecular weight is 209 g/mol. The van der Waals surface area contributed by atoms with E-state index in [2.05, 4.69) is 24.3 Å². The van der Waals surface area contributed by atoms with E-state index in [9.17, 15) is 0 Å². The van der Waals surface area contributed by atoms with E-state index in [0.29, 0.717) is 12.1 Å². The SMILES string of the molecule is CC(C)n1nccc1OC1CCNCC1. The molecule has 0 amide bonds. The first-order valence-electron chi connectivity index (χ1n) is 5.68. The van der Waals surface area contributed by atoms with Crippen molar-refractivity contribution in [3.05, 3.63) is 12.3 Å². The van der Waals surface area contributed by atoms with E-state index in [4.69, 9.17) is 4.74 Å². The van der Waals surface area contributed by atoms with Crippen molar-refractivity contribution in [2.24, 2.45) is 0 Å². The third-order valence-corrected chi connectivity index (χ3v) is 2.70. The van der Waals surface area contributed by atoms with Gasteiger partial charge in [-0.15, -0.1) is 0 Å². The molecule has 1 aliphatic rings. The number of piperidine rings is 1. The summed E-state index contributed by atoms with van der Waals surface area (Å²) in [5, 5.41) is 7.59. The van der Waals surface area contributed by atoms with Crippen LogP contribution in [-0.4, -0.2) is 29.0 Å². The van der Waals surface area contributed by atoms with Crippen LogP contribution in [0.3, 0.4) is 0 Å². The Hall–Kier alpha value is -1.03. The molecule has 0 bridgehead atoms. The number of aromatic nitrogens is 2. The molecule has 84 valence electrons. The van der Waals surface area contributed by atoms with E-state index in [1.807, 2.05) is 10.7 Å². The Kier molecular flexibility index (Phi) is 3.26. The zero-order valence-electron chi connectivity index (χ0n) is 9.44. The highest BCUT2D eigenvalue weighted by Gasteiger charge is 2.16. The van der Waals surface area contributed by atoms with Crippen LogP contribution < -0.4 is 10.1 Å². The topological polar surface area (TPSA) is 39.1 Å². The van der Waals surface area contributed by atoms with Gasteiger partial charge in [-0.3, -0.25) is 0 Å². The van der Waals surface area contributed by atoms with Gasteiger partial charge in [-0.2, -0.15) is 5.10 Å². The minimum atomic E-state index is 0.348. The van der Waals surface area contributed by atoms with Crippen LogP contribution in [0.4, 0.5) is 0 Å². The summed E-state index contributed by atoms with van der Waals surface area (Å²) in [4.78, 5) is 0. The molecule has 0 radical (unpaired) electrons. The average Bonchev–Trinajstić information content (AvgIpc) is 2.67. The molecule has 1 N–H and O–H groups in total. The molecule has 1 aliphatic heterocycles. The number of hydrogen-bond acceptors (Lipinski definition) is 3. The Morgan fingerprint density at radius 2 is 2.20 bits per heavy atom. The molecule has 0 unspecified atom stereocenters. The maximum absolute atomic E-state index is 5.95. The second-order valence-corrected chi connectivity index (χ2v) is 4.27. The molecule has 2 heterocycles. The molecule has 4 nitrogen and oxygen atoms in total. The summed E-state index contributed by atoms with van der Waals surface area (Å²) in [6, 6.07) is 2.30. The minimum Gasteiger partial charge on any atom is -0.474 e. The first-order valence-corrected chi connectivity index (χ1v) is 5.68. The zero-order chi connectivity index (χ0) is 10.7. The Morgan fingerprint density at radius 1 is 1.47 bits per heavy atom. The second-order valence-electron chi connectivity index (χ2n) is 4.27. The van der Waals surface area contributed by atoms with Gasteiger partial charge in [0, 0.05) is 6.07 Å². The van der Waals surface area contributed by atoms with Crippen molar-refractivity contribution in [2.75, 3.05) is 13.1 Å². The first kappa shape index (κ1) is 10.5. The molecule has 4 heteroatoms. The largest absolute Gasteiger partial charge is 0.474 e. The van der Waals surface area contributed by atoms with Crippen LogP contribution in [0.2, 0.25) is 0 Å². The molecule has 2 rings (SSSR count). The predicted molar refractivity (Wildman–Crippen MR) is 59.1 cm³/mol. The van der Waals surface area contributed by atoms with Gasteiger partial charge < -0.3 is 10.1 Å². The predicted octanol–water partition coefficient (Wildman–Crippen LogP) is 1.59. The Bertz CT molecular complexity index is 303. The lowest BCUT2D eigenvalue weighted by Crippen LogP contribution is -2.34. The quantitative estimate of drug-likeness (QED) is 0.821. The molecule has 0 spiro atoms. The standard InChI is InChI=1S/C11H19N3O/c1-9(2)14-11(5-8-13-14)15-10-3-6-12-7-4-10/h5,8-10,12H,3-4,6-7H2,1-2H3. The summed E-state index contributed by atoms with van der Waals surface area (Å²) >= 11 is 0. The van der Waals surface area contributed by atoms with Gasteiger partial charge in [0.15, 0.2) is 0 Å². The van der Waals surface area contributed by atoms with Gasteiger partial charge in [-0.05, 0) is 39.8 Å². The summed E-state index contributed by atoms with van der Waals surface area (Å²) in [5.41, 5.74) is 0. The normalized spacial score (nSPS) is 18.3.